The van der Waals surface area contributed by atoms with Gasteiger partial charge in [-0.05, 0) is 36.8 Å². The van der Waals surface area contributed by atoms with Crippen molar-refractivity contribution >= 4 is 40.3 Å². The minimum Gasteiger partial charge on any atom is -0.460 e. The Morgan fingerprint density at radius 3 is 2.62 bits per heavy atom. The Bertz CT molecular complexity index is 1460. The highest BCUT2D eigenvalue weighted by Crippen LogP contribution is 2.35. The number of thioether (sulfide) groups is 1. The maximum absolute atomic E-state index is 13.1. The maximum Gasteiger partial charge on any atom is 0.312 e. The number of carbonyl (C=O) groups excluding carboxylic acids is 2. The lowest BCUT2D eigenvalue weighted by molar-refractivity contribution is -0.134. The molecule has 34 heavy (non-hydrogen) atoms. The van der Waals surface area contributed by atoms with Crippen molar-refractivity contribution in [3.05, 3.63) is 88.8 Å². The molecule has 2 heterocycles. The molecule has 1 aliphatic rings. The van der Waals surface area contributed by atoms with E-state index in [-0.39, 0.29) is 30.1 Å². The number of anilines is 1. The average molecular weight is 472 g/mol. The van der Waals surface area contributed by atoms with E-state index in [1.807, 2.05) is 54.6 Å². The smallest absolute Gasteiger partial charge is 0.312 e. The number of carbonyl (C=O) groups is 2. The standard InChI is InChI=1S/C27H21NO5S/c1-17-26(18-7-3-2-4-8-18)27(31)20-12-11-19(15-22(20)32-17)33-25(30)13-14-28-21-9-5-6-10-23(21)34-16-24(28)29/h2-12,15H,13-14,16H2,1H3. The summed E-state index contributed by atoms with van der Waals surface area (Å²) < 4.78 is 11.4. The lowest BCUT2D eigenvalue weighted by atomic mass is 10.0. The van der Waals surface area contributed by atoms with E-state index in [0.717, 1.165) is 16.1 Å². The molecule has 4 aromatic rings. The normalized spacial score (nSPS) is 13.1. The zero-order valence-corrected chi connectivity index (χ0v) is 19.3. The van der Waals surface area contributed by atoms with E-state index in [1.165, 1.54) is 11.8 Å². The summed E-state index contributed by atoms with van der Waals surface area (Å²) in [5, 5.41) is 0.414. The molecule has 1 aromatic heterocycles. The van der Waals surface area contributed by atoms with Gasteiger partial charge in [-0.1, -0.05) is 42.5 Å². The van der Waals surface area contributed by atoms with E-state index < -0.39 is 5.97 Å². The van der Waals surface area contributed by atoms with Gasteiger partial charge in [0.1, 0.15) is 17.1 Å². The van der Waals surface area contributed by atoms with Crippen molar-refractivity contribution in [2.24, 2.45) is 0 Å². The molecule has 3 aromatic carbocycles. The van der Waals surface area contributed by atoms with E-state index in [2.05, 4.69) is 0 Å². The maximum atomic E-state index is 13.1. The molecule has 0 atom stereocenters. The monoisotopic (exact) mass is 471 g/mol. The fraction of sp³-hybridized carbons (Fsp3) is 0.148. The first-order valence-corrected chi connectivity index (χ1v) is 11.9. The Labute approximate surface area is 200 Å². The van der Waals surface area contributed by atoms with Gasteiger partial charge in [0, 0.05) is 17.5 Å². The third-order valence-electron chi connectivity index (χ3n) is 5.68. The van der Waals surface area contributed by atoms with Crippen LogP contribution in [0.5, 0.6) is 5.75 Å². The highest BCUT2D eigenvalue weighted by atomic mass is 32.2. The molecular formula is C27H21NO5S. The minimum atomic E-state index is -0.470. The second-order valence-corrected chi connectivity index (χ2v) is 8.93. The molecule has 0 aliphatic carbocycles. The van der Waals surface area contributed by atoms with Crippen LogP contribution in [0.4, 0.5) is 5.69 Å². The van der Waals surface area contributed by atoms with Crippen molar-refractivity contribution in [2.75, 3.05) is 17.2 Å². The summed E-state index contributed by atoms with van der Waals surface area (Å²) >= 11 is 1.50. The number of para-hydroxylation sites is 1. The topological polar surface area (TPSA) is 76.8 Å². The largest absolute Gasteiger partial charge is 0.460 e. The van der Waals surface area contributed by atoms with E-state index >= 15 is 0 Å². The van der Waals surface area contributed by atoms with Crippen molar-refractivity contribution in [1.82, 2.24) is 0 Å². The zero-order chi connectivity index (χ0) is 23.7. The lowest BCUT2D eigenvalue weighted by Gasteiger charge is -2.28. The lowest BCUT2D eigenvalue weighted by Crippen LogP contribution is -2.37. The van der Waals surface area contributed by atoms with Gasteiger partial charge in [-0.3, -0.25) is 14.4 Å². The van der Waals surface area contributed by atoms with Gasteiger partial charge in [0.05, 0.1) is 28.8 Å². The van der Waals surface area contributed by atoms with E-state index in [0.29, 0.717) is 28.0 Å². The molecule has 6 nitrogen and oxygen atoms in total. The Hall–Kier alpha value is -3.84. The SMILES string of the molecule is Cc1oc2cc(OC(=O)CCN3C(=O)CSc4ccccc43)ccc2c(=O)c1-c1ccccc1. The minimum absolute atomic E-state index is 0.0336. The number of amides is 1. The molecule has 7 heteroatoms. The van der Waals surface area contributed by atoms with Crippen LogP contribution in [-0.4, -0.2) is 24.2 Å². The van der Waals surface area contributed by atoms with Gasteiger partial charge < -0.3 is 14.1 Å². The van der Waals surface area contributed by atoms with Gasteiger partial charge in [0.25, 0.3) is 0 Å². The molecular weight excluding hydrogens is 450 g/mol. The summed E-state index contributed by atoms with van der Waals surface area (Å²) in [6, 6.07) is 21.7. The number of fused-ring (bicyclic) bond motifs is 2. The van der Waals surface area contributed by atoms with Gasteiger partial charge >= 0.3 is 5.97 Å². The first-order chi connectivity index (χ1) is 16.5. The molecule has 5 rings (SSSR count). The summed E-state index contributed by atoms with van der Waals surface area (Å²) in [5.74, 6) is 0.623. The van der Waals surface area contributed by atoms with Crippen LogP contribution in [-0.2, 0) is 9.59 Å². The number of rotatable bonds is 5. The molecule has 1 aliphatic heterocycles. The fourth-order valence-electron chi connectivity index (χ4n) is 4.07. The second-order valence-electron chi connectivity index (χ2n) is 7.91. The third-order valence-corrected chi connectivity index (χ3v) is 6.73. The van der Waals surface area contributed by atoms with Gasteiger partial charge in [0.15, 0.2) is 0 Å². The van der Waals surface area contributed by atoms with Gasteiger partial charge in [-0.25, -0.2) is 0 Å². The molecule has 170 valence electrons. The highest BCUT2D eigenvalue weighted by Gasteiger charge is 2.25. The van der Waals surface area contributed by atoms with Crippen molar-refractivity contribution < 1.29 is 18.7 Å². The summed E-state index contributed by atoms with van der Waals surface area (Å²) in [6.45, 7) is 1.98. The number of nitrogens with zero attached hydrogens (tertiary/aromatic N) is 1. The number of aryl methyl sites for hydroxylation is 1. The predicted molar refractivity (Wildman–Crippen MR) is 132 cm³/mol. The van der Waals surface area contributed by atoms with E-state index in [4.69, 9.17) is 9.15 Å². The quantitative estimate of drug-likeness (QED) is 0.294. The number of hydrogen-bond donors (Lipinski definition) is 0. The summed E-state index contributed by atoms with van der Waals surface area (Å²) in [4.78, 5) is 40.6. The highest BCUT2D eigenvalue weighted by molar-refractivity contribution is 8.00. The molecule has 0 bridgehead atoms. The molecule has 0 fully saturated rings. The molecule has 0 spiro atoms. The van der Waals surface area contributed by atoms with Gasteiger partial charge in [0.2, 0.25) is 11.3 Å². The summed E-state index contributed by atoms with van der Waals surface area (Å²) in [6.07, 6.45) is 0.0404. The van der Waals surface area contributed by atoms with Gasteiger partial charge in [-0.2, -0.15) is 0 Å². The van der Waals surface area contributed by atoms with E-state index in [9.17, 15) is 14.4 Å². The Morgan fingerprint density at radius 1 is 1.03 bits per heavy atom. The molecule has 0 radical (unpaired) electrons. The second kappa shape index (κ2) is 9.19. The number of ether oxygens (including phenoxy) is 1. The fourth-order valence-corrected chi connectivity index (χ4v) is 5.01. The summed E-state index contributed by atoms with van der Waals surface area (Å²) in [7, 11) is 0. The number of hydrogen-bond acceptors (Lipinski definition) is 6. The third kappa shape index (κ3) is 4.22. The van der Waals surface area contributed by atoms with Crippen molar-refractivity contribution in [1.29, 1.82) is 0 Å². The van der Waals surface area contributed by atoms with Crippen molar-refractivity contribution in [2.45, 2.75) is 18.2 Å². The molecule has 0 N–H and O–H groups in total. The van der Waals surface area contributed by atoms with Crippen LogP contribution in [0.1, 0.15) is 12.2 Å². The van der Waals surface area contributed by atoms with Crippen LogP contribution >= 0.6 is 11.8 Å². The average Bonchev–Trinajstić information content (AvgIpc) is 2.84. The van der Waals surface area contributed by atoms with Crippen molar-refractivity contribution in [3.63, 3.8) is 0 Å². The van der Waals surface area contributed by atoms with Crippen molar-refractivity contribution in [3.8, 4) is 16.9 Å². The molecule has 0 unspecified atom stereocenters. The first-order valence-electron chi connectivity index (χ1n) is 10.9. The Kier molecular flexibility index (Phi) is 5.94. The number of esters is 1. The molecule has 1 amide bonds. The van der Waals surface area contributed by atoms with Crippen LogP contribution in [0.2, 0.25) is 0 Å². The Balaban J connectivity index is 1.33. The van der Waals surface area contributed by atoms with Crippen LogP contribution in [0.15, 0.2) is 86.9 Å². The molecule has 0 saturated carbocycles. The molecule has 0 saturated heterocycles. The van der Waals surface area contributed by atoms with Crippen LogP contribution in [0.3, 0.4) is 0 Å². The number of benzene rings is 3. The predicted octanol–water partition coefficient (Wildman–Crippen LogP) is 5.20. The van der Waals surface area contributed by atoms with Crippen LogP contribution in [0.25, 0.3) is 22.1 Å². The van der Waals surface area contributed by atoms with Crippen LogP contribution in [0, 0.1) is 6.92 Å². The van der Waals surface area contributed by atoms with Gasteiger partial charge in [-0.15, -0.1) is 11.8 Å². The zero-order valence-electron chi connectivity index (χ0n) is 18.4. The first kappa shape index (κ1) is 22.0. The summed E-state index contributed by atoms with van der Waals surface area (Å²) in [5.41, 5.74) is 2.34. The Morgan fingerprint density at radius 2 is 1.79 bits per heavy atom. The van der Waals surface area contributed by atoms with E-state index in [1.54, 1.807) is 30.0 Å². The van der Waals surface area contributed by atoms with Crippen LogP contribution < -0.4 is 15.1 Å².